The fourth-order valence-electron chi connectivity index (χ4n) is 1.52. The molecule has 0 heterocycles. The molecule has 1 rings (SSSR count). The zero-order chi connectivity index (χ0) is 14.6. The van der Waals surface area contributed by atoms with Crippen molar-refractivity contribution in [3.05, 3.63) is 29.8 Å². The minimum absolute atomic E-state index is 0.0362. The van der Waals surface area contributed by atoms with E-state index < -0.39 is 0 Å². The van der Waals surface area contributed by atoms with Gasteiger partial charge >= 0.3 is 0 Å². The molecule has 0 saturated heterocycles. The summed E-state index contributed by atoms with van der Waals surface area (Å²) in [6.45, 7) is 7.68. The molecule has 4 nitrogen and oxygen atoms in total. The molecule has 0 radical (unpaired) electrons. The summed E-state index contributed by atoms with van der Waals surface area (Å²) in [7, 11) is 0. The third-order valence-corrected chi connectivity index (χ3v) is 2.68. The van der Waals surface area contributed by atoms with Gasteiger partial charge in [-0.3, -0.25) is 4.79 Å². The molecule has 1 aromatic rings. The zero-order valence-corrected chi connectivity index (χ0v) is 12.6. The van der Waals surface area contributed by atoms with Crippen LogP contribution in [0.3, 0.4) is 0 Å². The van der Waals surface area contributed by atoms with Crippen LogP contribution in [0.1, 0.15) is 33.3 Å². The van der Waals surface area contributed by atoms with Crippen molar-refractivity contribution < 1.29 is 4.79 Å². The summed E-state index contributed by atoms with van der Waals surface area (Å²) in [4.78, 5) is 12.3. The molecule has 0 aliphatic rings. The number of nitrogens with one attached hydrogen (secondary N) is 2. The molecule has 1 atom stereocenters. The SMILES string of the molecule is CC(Nc1ccc(C(N)=S)cc1)C(=O)NC(C)(C)C. The Morgan fingerprint density at radius 1 is 1.26 bits per heavy atom. The second kappa shape index (κ2) is 6.02. The summed E-state index contributed by atoms with van der Waals surface area (Å²) in [6, 6.07) is 7.07. The second-order valence-corrected chi connectivity index (χ2v) is 5.99. The lowest BCUT2D eigenvalue weighted by Gasteiger charge is -2.24. The molecule has 1 unspecified atom stereocenters. The number of amides is 1. The molecule has 104 valence electrons. The van der Waals surface area contributed by atoms with Crippen molar-refractivity contribution in [1.82, 2.24) is 5.32 Å². The van der Waals surface area contributed by atoms with Crippen LogP contribution in [0.5, 0.6) is 0 Å². The van der Waals surface area contributed by atoms with Crippen molar-refractivity contribution in [1.29, 1.82) is 0 Å². The van der Waals surface area contributed by atoms with Crippen molar-refractivity contribution in [3.63, 3.8) is 0 Å². The standard InChI is InChI=1S/C14H21N3OS/c1-9(13(18)17-14(2,3)4)16-11-7-5-10(6-8-11)12(15)19/h5-9,16H,1-4H3,(H2,15,19)(H,17,18). The van der Waals surface area contributed by atoms with Gasteiger partial charge in [-0.25, -0.2) is 0 Å². The number of carbonyl (C=O) groups excluding carboxylic acids is 1. The highest BCUT2D eigenvalue weighted by Gasteiger charge is 2.18. The lowest BCUT2D eigenvalue weighted by Crippen LogP contribution is -2.47. The number of hydrogen-bond acceptors (Lipinski definition) is 3. The smallest absolute Gasteiger partial charge is 0.242 e. The molecular formula is C14H21N3OS. The molecule has 0 bridgehead atoms. The Bertz CT molecular complexity index is 463. The van der Waals surface area contributed by atoms with Gasteiger partial charge in [0.15, 0.2) is 0 Å². The van der Waals surface area contributed by atoms with Gasteiger partial charge in [0.1, 0.15) is 11.0 Å². The van der Waals surface area contributed by atoms with Gasteiger partial charge in [0.05, 0.1) is 0 Å². The molecule has 0 spiro atoms. The summed E-state index contributed by atoms with van der Waals surface area (Å²) in [5, 5.41) is 6.06. The third-order valence-electron chi connectivity index (χ3n) is 2.44. The normalized spacial score (nSPS) is 12.6. The van der Waals surface area contributed by atoms with Gasteiger partial charge in [-0.2, -0.15) is 0 Å². The molecule has 1 aromatic carbocycles. The molecule has 0 aliphatic heterocycles. The summed E-state index contributed by atoms with van der Waals surface area (Å²) < 4.78 is 0. The quantitative estimate of drug-likeness (QED) is 0.738. The van der Waals surface area contributed by atoms with E-state index in [1.807, 2.05) is 52.0 Å². The Kier molecular flexibility index (Phi) is 4.89. The zero-order valence-electron chi connectivity index (χ0n) is 11.8. The Hall–Kier alpha value is -1.62. The fourth-order valence-corrected chi connectivity index (χ4v) is 1.66. The molecule has 5 heteroatoms. The van der Waals surface area contributed by atoms with Crippen molar-refractivity contribution in [2.45, 2.75) is 39.3 Å². The van der Waals surface area contributed by atoms with Crippen LogP contribution < -0.4 is 16.4 Å². The molecule has 0 aliphatic carbocycles. The van der Waals surface area contributed by atoms with Crippen molar-refractivity contribution in [3.8, 4) is 0 Å². The van der Waals surface area contributed by atoms with E-state index >= 15 is 0 Å². The van der Waals surface area contributed by atoms with E-state index in [0.29, 0.717) is 4.99 Å². The van der Waals surface area contributed by atoms with E-state index in [-0.39, 0.29) is 17.5 Å². The topological polar surface area (TPSA) is 67.1 Å². The van der Waals surface area contributed by atoms with E-state index in [4.69, 9.17) is 18.0 Å². The van der Waals surface area contributed by atoms with Gasteiger partial charge < -0.3 is 16.4 Å². The predicted molar refractivity (Wildman–Crippen MR) is 83.3 cm³/mol. The largest absolute Gasteiger partial charge is 0.389 e. The molecule has 0 fully saturated rings. The first-order chi connectivity index (χ1) is 8.69. The minimum atomic E-state index is -0.310. The lowest BCUT2D eigenvalue weighted by atomic mass is 10.1. The number of anilines is 1. The van der Waals surface area contributed by atoms with E-state index in [1.54, 1.807) is 0 Å². The molecule has 0 saturated carbocycles. The summed E-state index contributed by atoms with van der Waals surface area (Å²) >= 11 is 4.89. The maximum atomic E-state index is 11.9. The van der Waals surface area contributed by atoms with Crippen LogP contribution in [-0.2, 0) is 4.79 Å². The van der Waals surface area contributed by atoms with Gasteiger partial charge in [0.25, 0.3) is 0 Å². The van der Waals surface area contributed by atoms with Crippen LogP contribution in [0.15, 0.2) is 24.3 Å². The second-order valence-electron chi connectivity index (χ2n) is 5.55. The highest BCUT2D eigenvalue weighted by atomic mass is 32.1. The van der Waals surface area contributed by atoms with Gasteiger partial charge in [-0.1, -0.05) is 12.2 Å². The molecular weight excluding hydrogens is 258 g/mol. The number of rotatable bonds is 4. The number of hydrogen-bond donors (Lipinski definition) is 3. The monoisotopic (exact) mass is 279 g/mol. The van der Waals surface area contributed by atoms with E-state index in [9.17, 15) is 4.79 Å². The average Bonchev–Trinajstić information content (AvgIpc) is 2.27. The van der Waals surface area contributed by atoms with Gasteiger partial charge in [-0.05, 0) is 52.0 Å². The van der Waals surface area contributed by atoms with Gasteiger partial charge in [0.2, 0.25) is 5.91 Å². The Morgan fingerprint density at radius 3 is 2.21 bits per heavy atom. The maximum Gasteiger partial charge on any atom is 0.242 e. The number of benzene rings is 1. The maximum absolute atomic E-state index is 11.9. The summed E-state index contributed by atoms with van der Waals surface area (Å²) in [5.74, 6) is -0.0362. The first-order valence-electron chi connectivity index (χ1n) is 6.17. The lowest BCUT2D eigenvalue weighted by molar-refractivity contribution is -0.122. The number of thiocarbonyl (C=S) groups is 1. The minimum Gasteiger partial charge on any atom is -0.389 e. The van der Waals surface area contributed by atoms with Crippen LogP contribution in [0, 0.1) is 0 Å². The molecule has 19 heavy (non-hydrogen) atoms. The third kappa shape index (κ3) is 5.26. The molecule has 1 amide bonds. The van der Waals surface area contributed by atoms with E-state index in [1.165, 1.54) is 0 Å². The van der Waals surface area contributed by atoms with Crippen LogP contribution in [-0.4, -0.2) is 22.5 Å². The Morgan fingerprint density at radius 2 is 1.79 bits per heavy atom. The van der Waals surface area contributed by atoms with Crippen LogP contribution in [0.2, 0.25) is 0 Å². The molecule has 4 N–H and O–H groups in total. The van der Waals surface area contributed by atoms with Crippen LogP contribution >= 0.6 is 12.2 Å². The Labute approximate surface area is 119 Å². The van der Waals surface area contributed by atoms with E-state index in [2.05, 4.69) is 10.6 Å². The van der Waals surface area contributed by atoms with E-state index in [0.717, 1.165) is 11.3 Å². The van der Waals surface area contributed by atoms with Crippen molar-refractivity contribution in [2.75, 3.05) is 5.32 Å². The average molecular weight is 279 g/mol. The fraction of sp³-hybridized carbons (Fsp3) is 0.429. The highest BCUT2D eigenvalue weighted by molar-refractivity contribution is 7.80. The van der Waals surface area contributed by atoms with Crippen LogP contribution in [0.4, 0.5) is 5.69 Å². The first-order valence-corrected chi connectivity index (χ1v) is 6.58. The number of nitrogens with two attached hydrogens (primary N) is 1. The predicted octanol–water partition coefficient (Wildman–Crippen LogP) is 2.04. The highest BCUT2D eigenvalue weighted by Crippen LogP contribution is 2.11. The number of carbonyl (C=O) groups is 1. The Balaban J connectivity index is 2.64. The van der Waals surface area contributed by atoms with Gasteiger partial charge in [0, 0.05) is 16.8 Å². The van der Waals surface area contributed by atoms with Crippen molar-refractivity contribution in [2.24, 2.45) is 5.73 Å². The summed E-state index contributed by atoms with van der Waals surface area (Å²) in [6.07, 6.45) is 0. The van der Waals surface area contributed by atoms with Gasteiger partial charge in [-0.15, -0.1) is 0 Å². The molecule has 0 aromatic heterocycles. The van der Waals surface area contributed by atoms with Crippen LogP contribution in [0.25, 0.3) is 0 Å². The summed E-state index contributed by atoms with van der Waals surface area (Å²) in [5.41, 5.74) is 6.97. The van der Waals surface area contributed by atoms with Crippen molar-refractivity contribution >= 4 is 28.8 Å². The first kappa shape index (κ1) is 15.4.